The van der Waals surface area contributed by atoms with Crippen LogP contribution in [0, 0.1) is 6.92 Å². The highest BCUT2D eigenvalue weighted by Gasteiger charge is 2.21. The number of nitrogens with zero attached hydrogens (tertiary/aromatic N) is 2. The van der Waals surface area contributed by atoms with Crippen molar-refractivity contribution in [1.29, 1.82) is 0 Å². The lowest BCUT2D eigenvalue weighted by molar-refractivity contribution is -0.117. The number of fused-ring (bicyclic) bond motifs is 1. The van der Waals surface area contributed by atoms with Crippen LogP contribution >= 0.6 is 34.8 Å². The van der Waals surface area contributed by atoms with Crippen molar-refractivity contribution in [2.75, 3.05) is 23.8 Å². The van der Waals surface area contributed by atoms with E-state index in [2.05, 4.69) is 15.6 Å². The first-order chi connectivity index (χ1) is 19.1. The van der Waals surface area contributed by atoms with Crippen molar-refractivity contribution in [1.82, 2.24) is 10.3 Å². The first-order valence-corrected chi connectivity index (χ1v) is 13.3. The van der Waals surface area contributed by atoms with E-state index in [-0.39, 0.29) is 24.0 Å². The van der Waals surface area contributed by atoms with E-state index in [0.717, 1.165) is 0 Å². The number of likely N-dealkylation sites (N-methyl/N-ethyl adjacent to an activating group) is 1. The number of halogens is 3. The van der Waals surface area contributed by atoms with Crippen molar-refractivity contribution < 1.29 is 19.1 Å². The number of anilines is 2. The van der Waals surface area contributed by atoms with Gasteiger partial charge in [0.15, 0.2) is 11.5 Å². The van der Waals surface area contributed by atoms with Gasteiger partial charge in [-0.2, -0.15) is 0 Å². The van der Waals surface area contributed by atoms with Crippen LogP contribution in [0.5, 0.6) is 5.75 Å². The maximum Gasteiger partial charge on any atom is 0.319 e. The third-order valence-corrected chi connectivity index (χ3v) is 7.21. The van der Waals surface area contributed by atoms with Crippen LogP contribution in [0.1, 0.15) is 28.5 Å². The van der Waals surface area contributed by atoms with Gasteiger partial charge in [0, 0.05) is 39.3 Å². The number of amides is 3. The number of carbonyl (C=O) groups is 3. The molecule has 3 amide bonds. The molecule has 2 N–H and O–H groups in total. The van der Waals surface area contributed by atoms with Crippen LogP contribution < -0.4 is 20.3 Å². The Kier molecular flexibility index (Phi) is 9.14. The average Bonchev–Trinajstić information content (AvgIpc) is 2.92. The second kappa shape index (κ2) is 12.6. The van der Waals surface area contributed by atoms with E-state index >= 15 is 0 Å². The van der Waals surface area contributed by atoms with Crippen LogP contribution in [0.25, 0.3) is 10.9 Å². The second-order valence-electron chi connectivity index (χ2n) is 8.90. The summed E-state index contributed by atoms with van der Waals surface area (Å²) in [6, 6.07) is 16.4. The molecule has 3 aromatic carbocycles. The highest BCUT2D eigenvalue weighted by molar-refractivity contribution is 6.38. The summed E-state index contributed by atoms with van der Waals surface area (Å²) in [5.41, 5.74) is 3.11. The number of hydrogen-bond donors (Lipinski definition) is 2. The fourth-order valence-corrected chi connectivity index (χ4v) is 4.90. The predicted octanol–water partition coefficient (Wildman–Crippen LogP) is 7.07. The zero-order chi connectivity index (χ0) is 29.0. The van der Waals surface area contributed by atoms with Crippen LogP contribution in [-0.4, -0.2) is 36.3 Å². The number of pyridine rings is 1. The average molecular weight is 600 g/mol. The Balaban J connectivity index is 1.51. The minimum Gasteiger partial charge on any atom is -0.485 e. The SMILES string of the molecule is CC(=O)c1cccc(NC(=O)NCC(=O)N(C)c2cccc3nc(C)c(OCc4c(Cl)cccc4Cl)c(Cl)c23)c1. The highest BCUT2D eigenvalue weighted by atomic mass is 35.5. The normalized spacial score (nSPS) is 10.8. The van der Waals surface area contributed by atoms with Crippen molar-refractivity contribution in [3.8, 4) is 5.75 Å². The Morgan fingerprint density at radius 2 is 1.65 bits per heavy atom. The number of benzene rings is 3. The number of Topliss-reactive ketones (excluding diaryl/α,β-unsaturated/α-hetero) is 1. The summed E-state index contributed by atoms with van der Waals surface area (Å²) in [5.74, 6) is -0.189. The van der Waals surface area contributed by atoms with Crippen LogP contribution in [0.3, 0.4) is 0 Å². The topological polar surface area (TPSA) is 101 Å². The molecule has 0 aliphatic heterocycles. The maximum absolute atomic E-state index is 13.1. The van der Waals surface area contributed by atoms with Crippen molar-refractivity contribution in [3.63, 3.8) is 0 Å². The van der Waals surface area contributed by atoms with E-state index < -0.39 is 11.9 Å². The number of rotatable bonds is 8. The summed E-state index contributed by atoms with van der Waals surface area (Å²) in [4.78, 5) is 43.0. The fourth-order valence-electron chi connectivity index (χ4n) is 4.01. The molecule has 0 atom stereocenters. The van der Waals surface area contributed by atoms with Crippen LogP contribution in [0.4, 0.5) is 16.2 Å². The summed E-state index contributed by atoms with van der Waals surface area (Å²) in [6.07, 6.45) is 0. The van der Waals surface area contributed by atoms with Gasteiger partial charge in [-0.15, -0.1) is 0 Å². The lowest BCUT2D eigenvalue weighted by atomic mass is 10.1. The van der Waals surface area contributed by atoms with Gasteiger partial charge in [0.05, 0.1) is 28.5 Å². The van der Waals surface area contributed by atoms with Crippen molar-refractivity contribution >= 4 is 74.8 Å². The molecule has 0 saturated heterocycles. The van der Waals surface area contributed by atoms with E-state index in [4.69, 9.17) is 39.5 Å². The van der Waals surface area contributed by atoms with Crippen LogP contribution in [0.2, 0.25) is 15.1 Å². The minimum absolute atomic E-state index is 0.0670. The van der Waals surface area contributed by atoms with E-state index in [1.54, 1.807) is 74.6 Å². The summed E-state index contributed by atoms with van der Waals surface area (Å²) >= 11 is 19.4. The molecular weight excluding hydrogens is 575 g/mol. The smallest absolute Gasteiger partial charge is 0.319 e. The van der Waals surface area contributed by atoms with Crippen molar-refractivity contribution in [3.05, 3.63) is 92.6 Å². The number of urea groups is 1. The lowest BCUT2D eigenvalue weighted by Crippen LogP contribution is -2.40. The Morgan fingerprint density at radius 1 is 0.975 bits per heavy atom. The van der Waals surface area contributed by atoms with E-state index in [1.807, 2.05) is 0 Å². The van der Waals surface area contributed by atoms with Gasteiger partial charge >= 0.3 is 6.03 Å². The highest BCUT2D eigenvalue weighted by Crippen LogP contribution is 2.40. The monoisotopic (exact) mass is 598 g/mol. The van der Waals surface area contributed by atoms with Gasteiger partial charge in [-0.25, -0.2) is 9.78 Å². The quantitative estimate of drug-likeness (QED) is 0.211. The number of nitrogens with one attached hydrogen (secondary N) is 2. The Morgan fingerprint density at radius 3 is 2.35 bits per heavy atom. The molecule has 206 valence electrons. The molecule has 0 unspecified atom stereocenters. The van der Waals surface area contributed by atoms with Gasteiger partial charge in [0.1, 0.15) is 6.61 Å². The zero-order valence-corrected chi connectivity index (χ0v) is 24.1. The molecule has 0 aliphatic carbocycles. The standard InChI is InChI=1S/C29H25Cl3N4O4/c1-16-28(40-15-20-21(30)9-5-10-22(20)31)27(32)26-23(34-16)11-6-12-24(26)36(3)25(38)14-33-29(39)35-19-8-4-7-18(13-19)17(2)37/h4-13H,14-15H2,1-3H3,(H2,33,35,39). The summed E-state index contributed by atoms with van der Waals surface area (Å²) in [6.45, 7) is 2.98. The van der Waals surface area contributed by atoms with E-state index in [0.29, 0.717) is 54.9 Å². The number of ether oxygens (including phenoxy) is 1. The number of hydrogen-bond acceptors (Lipinski definition) is 5. The maximum atomic E-state index is 13.1. The summed E-state index contributed by atoms with van der Waals surface area (Å²) < 4.78 is 6.02. The van der Waals surface area contributed by atoms with Gasteiger partial charge in [0.25, 0.3) is 0 Å². The molecule has 8 nitrogen and oxygen atoms in total. The molecule has 0 spiro atoms. The Bertz CT molecular complexity index is 1610. The van der Waals surface area contributed by atoms with Gasteiger partial charge in [-0.05, 0) is 50.2 Å². The van der Waals surface area contributed by atoms with Crippen molar-refractivity contribution in [2.45, 2.75) is 20.5 Å². The molecule has 0 bridgehead atoms. The first kappa shape index (κ1) is 29.1. The molecule has 11 heteroatoms. The minimum atomic E-state index is -0.593. The molecule has 0 aliphatic rings. The number of carbonyl (C=O) groups excluding carboxylic acids is 3. The molecule has 0 saturated carbocycles. The fraction of sp³-hybridized carbons (Fsp3) is 0.172. The van der Waals surface area contributed by atoms with E-state index in [9.17, 15) is 14.4 Å². The molecule has 0 radical (unpaired) electrons. The van der Waals surface area contributed by atoms with Gasteiger partial charge in [-0.3, -0.25) is 9.59 Å². The molecule has 0 fully saturated rings. The molecular formula is C29H25Cl3N4O4. The largest absolute Gasteiger partial charge is 0.485 e. The first-order valence-electron chi connectivity index (χ1n) is 12.1. The summed E-state index contributed by atoms with van der Waals surface area (Å²) in [7, 11) is 1.58. The molecule has 40 heavy (non-hydrogen) atoms. The van der Waals surface area contributed by atoms with Crippen molar-refractivity contribution in [2.24, 2.45) is 0 Å². The Labute approximate surface area is 246 Å². The Hall–Kier alpha value is -3.85. The third-order valence-electron chi connectivity index (χ3n) is 6.14. The predicted molar refractivity (Wildman–Crippen MR) is 159 cm³/mol. The van der Waals surface area contributed by atoms with Gasteiger partial charge in [-0.1, -0.05) is 59.1 Å². The summed E-state index contributed by atoms with van der Waals surface area (Å²) in [5, 5.41) is 6.87. The number of aryl methyl sites for hydroxylation is 1. The molecule has 1 aromatic heterocycles. The number of ketones is 1. The molecule has 4 rings (SSSR count). The van der Waals surface area contributed by atoms with E-state index in [1.165, 1.54) is 11.8 Å². The van der Waals surface area contributed by atoms with Crippen LogP contribution in [0.15, 0.2) is 60.7 Å². The molecule has 4 aromatic rings. The molecule has 1 heterocycles. The van der Waals surface area contributed by atoms with Crippen LogP contribution in [-0.2, 0) is 11.4 Å². The third kappa shape index (κ3) is 6.47. The second-order valence-corrected chi connectivity index (χ2v) is 10.1. The zero-order valence-electron chi connectivity index (χ0n) is 21.8. The lowest BCUT2D eigenvalue weighted by Gasteiger charge is -2.21. The number of aromatic nitrogens is 1. The van der Waals surface area contributed by atoms with Gasteiger partial charge < -0.3 is 20.3 Å². The van der Waals surface area contributed by atoms with Gasteiger partial charge in [0.2, 0.25) is 5.91 Å².